The van der Waals surface area contributed by atoms with Gasteiger partial charge in [0.25, 0.3) is 0 Å². The molecule has 3 aromatic rings. The zero-order valence-corrected chi connectivity index (χ0v) is 9.70. The summed E-state index contributed by atoms with van der Waals surface area (Å²) < 4.78 is 0. The molecule has 0 aliphatic carbocycles. The number of fused-ring (bicyclic) bond motifs is 1. The predicted molar refractivity (Wildman–Crippen MR) is 71.0 cm³/mol. The van der Waals surface area contributed by atoms with E-state index in [0.29, 0.717) is 5.02 Å². The summed E-state index contributed by atoms with van der Waals surface area (Å²) in [6, 6.07) is 11.5. The number of aromatic nitrogens is 2. The Hall–Kier alpha value is -2.00. The monoisotopic (exact) mass is 243 g/mol. The van der Waals surface area contributed by atoms with Crippen molar-refractivity contribution in [2.75, 3.05) is 5.73 Å². The van der Waals surface area contributed by atoms with Crippen molar-refractivity contribution >= 4 is 28.3 Å². The second-order valence-corrected chi connectivity index (χ2v) is 4.27. The Labute approximate surface area is 103 Å². The number of pyridine rings is 1. The molecule has 0 bridgehead atoms. The van der Waals surface area contributed by atoms with Gasteiger partial charge in [0.1, 0.15) is 5.65 Å². The first-order valence-corrected chi connectivity index (χ1v) is 5.61. The van der Waals surface area contributed by atoms with Gasteiger partial charge in [-0.05, 0) is 29.8 Å². The van der Waals surface area contributed by atoms with Crippen molar-refractivity contribution < 1.29 is 0 Å². The van der Waals surface area contributed by atoms with E-state index in [4.69, 9.17) is 17.3 Å². The normalized spacial score (nSPS) is 10.9. The van der Waals surface area contributed by atoms with E-state index >= 15 is 0 Å². The average Bonchev–Trinajstić information content (AvgIpc) is 2.75. The SMILES string of the molecule is Nc1ccc(-c2cc3c(Cl)ccnc3[nH]2)cc1. The highest BCUT2D eigenvalue weighted by molar-refractivity contribution is 6.35. The Morgan fingerprint density at radius 2 is 1.88 bits per heavy atom. The highest BCUT2D eigenvalue weighted by Crippen LogP contribution is 2.27. The van der Waals surface area contributed by atoms with Gasteiger partial charge in [-0.25, -0.2) is 4.98 Å². The first kappa shape index (κ1) is 10.2. The van der Waals surface area contributed by atoms with Crippen LogP contribution < -0.4 is 5.73 Å². The number of benzene rings is 1. The minimum Gasteiger partial charge on any atom is -0.399 e. The van der Waals surface area contributed by atoms with Gasteiger partial charge in [-0.2, -0.15) is 0 Å². The van der Waals surface area contributed by atoms with Crippen molar-refractivity contribution in [1.29, 1.82) is 0 Å². The van der Waals surface area contributed by atoms with Gasteiger partial charge >= 0.3 is 0 Å². The van der Waals surface area contributed by atoms with Crippen LogP contribution in [-0.2, 0) is 0 Å². The number of rotatable bonds is 1. The number of H-pyrrole nitrogens is 1. The van der Waals surface area contributed by atoms with Crippen LogP contribution in [0.1, 0.15) is 0 Å². The highest BCUT2D eigenvalue weighted by Gasteiger charge is 2.06. The van der Waals surface area contributed by atoms with Gasteiger partial charge in [-0.1, -0.05) is 23.7 Å². The van der Waals surface area contributed by atoms with E-state index in [0.717, 1.165) is 28.0 Å². The molecule has 0 unspecified atom stereocenters. The Bertz CT molecular complexity index is 671. The molecule has 84 valence electrons. The van der Waals surface area contributed by atoms with Crippen LogP contribution in [0.2, 0.25) is 5.02 Å². The number of nitrogens with two attached hydrogens (primary N) is 1. The molecular formula is C13H10ClN3. The van der Waals surface area contributed by atoms with E-state index in [1.54, 1.807) is 12.3 Å². The van der Waals surface area contributed by atoms with Crippen molar-refractivity contribution in [3.8, 4) is 11.3 Å². The summed E-state index contributed by atoms with van der Waals surface area (Å²) in [4.78, 5) is 7.48. The first-order valence-electron chi connectivity index (χ1n) is 5.23. The van der Waals surface area contributed by atoms with Crippen LogP contribution in [0.5, 0.6) is 0 Å². The molecular weight excluding hydrogens is 234 g/mol. The third kappa shape index (κ3) is 1.74. The van der Waals surface area contributed by atoms with Crippen LogP contribution in [0.4, 0.5) is 5.69 Å². The molecule has 0 atom stereocenters. The standard InChI is InChI=1S/C13H10ClN3/c14-11-5-6-16-13-10(11)7-12(17-13)8-1-3-9(15)4-2-8/h1-7H,15H2,(H,16,17). The van der Waals surface area contributed by atoms with Crippen molar-refractivity contribution in [3.63, 3.8) is 0 Å². The second-order valence-electron chi connectivity index (χ2n) is 3.86. The number of nitrogens with zero attached hydrogens (tertiary/aromatic N) is 1. The molecule has 0 aliphatic heterocycles. The third-order valence-corrected chi connectivity index (χ3v) is 3.03. The number of aromatic amines is 1. The maximum Gasteiger partial charge on any atom is 0.139 e. The first-order chi connectivity index (χ1) is 8.24. The van der Waals surface area contributed by atoms with Gasteiger partial charge in [-0.15, -0.1) is 0 Å². The molecule has 0 saturated carbocycles. The van der Waals surface area contributed by atoms with E-state index < -0.39 is 0 Å². The Morgan fingerprint density at radius 1 is 1.12 bits per heavy atom. The van der Waals surface area contributed by atoms with Crippen LogP contribution in [0.25, 0.3) is 22.3 Å². The molecule has 0 amide bonds. The number of hydrogen-bond acceptors (Lipinski definition) is 2. The lowest BCUT2D eigenvalue weighted by molar-refractivity contribution is 1.32. The highest BCUT2D eigenvalue weighted by atomic mass is 35.5. The summed E-state index contributed by atoms with van der Waals surface area (Å²) in [5.41, 5.74) is 9.26. The Kier molecular flexibility index (Phi) is 2.27. The van der Waals surface area contributed by atoms with E-state index in [-0.39, 0.29) is 0 Å². The number of anilines is 1. The predicted octanol–water partition coefficient (Wildman–Crippen LogP) is 3.47. The molecule has 2 heterocycles. The third-order valence-electron chi connectivity index (χ3n) is 2.70. The van der Waals surface area contributed by atoms with Crippen LogP contribution >= 0.6 is 11.6 Å². The van der Waals surface area contributed by atoms with Gasteiger partial charge in [-0.3, -0.25) is 0 Å². The Balaban J connectivity index is 2.18. The molecule has 17 heavy (non-hydrogen) atoms. The molecule has 0 fully saturated rings. The van der Waals surface area contributed by atoms with E-state index in [1.807, 2.05) is 30.3 Å². The molecule has 0 radical (unpaired) electrons. The lowest BCUT2D eigenvalue weighted by atomic mass is 10.1. The van der Waals surface area contributed by atoms with Crippen LogP contribution in [0.3, 0.4) is 0 Å². The van der Waals surface area contributed by atoms with Crippen LogP contribution in [0, 0.1) is 0 Å². The quantitative estimate of drug-likeness (QED) is 0.643. The minimum absolute atomic E-state index is 0.702. The van der Waals surface area contributed by atoms with E-state index in [1.165, 1.54) is 0 Å². The number of hydrogen-bond donors (Lipinski definition) is 2. The molecule has 1 aromatic carbocycles. The maximum absolute atomic E-state index is 6.10. The van der Waals surface area contributed by atoms with Crippen molar-refractivity contribution in [2.24, 2.45) is 0 Å². The number of nitrogen functional groups attached to an aromatic ring is 1. The van der Waals surface area contributed by atoms with Crippen molar-refractivity contribution in [2.45, 2.75) is 0 Å². The maximum atomic E-state index is 6.10. The van der Waals surface area contributed by atoms with Gasteiger partial charge < -0.3 is 10.7 Å². The topological polar surface area (TPSA) is 54.7 Å². The summed E-state index contributed by atoms with van der Waals surface area (Å²) >= 11 is 6.10. The van der Waals surface area contributed by atoms with Gasteiger partial charge in [0.15, 0.2) is 0 Å². The minimum atomic E-state index is 0.702. The number of nitrogens with one attached hydrogen (secondary N) is 1. The molecule has 0 aliphatic rings. The Morgan fingerprint density at radius 3 is 2.59 bits per heavy atom. The lowest BCUT2D eigenvalue weighted by Gasteiger charge is -1.97. The summed E-state index contributed by atoms with van der Waals surface area (Å²) in [5, 5.41) is 1.63. The smallest absolute Gasteiger partial charge is 0.139 e. The summed E-state index contributed by atoms with van der Waals surface area (Å²) in [5.74, 6) is 0. The molecule has 4 heteroatoms. The fourth-order valence-corrected chi connectivity index (χ4v) is 2.01. The zero-order valence-electron chi connectivity index (χ0n) is 8.94. The molecule has 3 nitrogen and oxygen atoms in total. The summed E-state index contributed by atoms with van der Waals surface area (Å²) in [7, 11) is 0. The average molecular weight is 244 g/mol. The molecule has 3 N–H and O–H groups in total. The summed E-state index contributed by atoms with van der Waals surface area (Å²) in [6.07, 6.45) is 1.69. The molecule has 2 aromatic heterocycles. The van der Waals surface area contributed by atoms with Crippen LogP contribution in [0.15, 0.2) is 42.6 Å². The lowest BCUT2D eigenvalue weighted by Crippen LogP contribution is -1.83. The van der Waals surface area contributed by atoms with Gasteiger partial charge in [0.05, 0.1) is 5.02 Å². The fraction of sp³-hybridized carbons (Fsp3) is 0. The molecule has 0 saturated heterocycles. The van der Waals surface area contributed by atoms with Crippen molar-refractivity contribution in [3.05, 3.63) is 47.6 Å². The van der Waals surface area contributed by atoms with Gasteiger partial charge in [0.2, 0.25) is 0 Å². The van der Waals surface area contributed by atoms with Gasteiger partial charge in [0, 0.05) is 23.0 Å². The molecule has 3 rings (SSSR count). The largest absolute Gasteiger partial charge is 0.399 e. The van der Waals surface area contributed by atoms with Crippen molar-refractivity contribution in [1.82, 2.24) is 9.97 Å². The summed E-state index contributed by atoms with van der Waals surface area (Å²) in [6.45, 7) is 0. The van der Waals surface area contributed by atoms with Crippen LogP contribution in [-0.4, -0.2) is 9.97 Å². The zero-order chi connectivity index (χ0) is 11.8. The second kappa shape index (κ2) is 3.79. The fourth-order valence-electron chi connectivity index (χ4n) is 1.81. The molecule has 0 spiro atoms. The van der Waals surface area contributed by atoms with E-state index in [9.17, 15) is 0 Å². The number of halogens is 1. The van der Waals surface area contributed by atoms with E-state index in [2.05, 4.69) is 9.97 Å².